The highest BCUT2D eigenvalue weighted by atomic mass is 32.1. The topological polar surface area (TPSA) is 50.9 Å². The van der Waals surface area contributed by atoms with Gasteiger partial charge >= 0.3 is 0 Å². The Hall–Kier alpha value is -6.96. The summed E-state index contributed by atoms with van der Waals surface area (Å²) in [6.07, 6.45) is 3.72. The first-order chi connectivity index (χ1) is 26.8. The fraction of sp³-hybridized carbons (Fsp3) is 0.0213. The molecule has 11 aromatic rings. The zero-order valence-electron chi connectivity index (χ0n) is 28.9. The summed E-state index contributed by atoms with van der Waals surface area (Å²) in [5, 5.41) is 11.0. The molecule has 12 rings (SSSR count). The second kappa shape index (κ2) is 11.3. The van der Waals surface area contributed by atoms with Gasteiger partial charge in [0.2, 0.25) is 0 Å². The van der Waals surface area contributed by atoms with Crippen LogP contribution in [0.15, 0.2) is 170 Å². The number of hydrogen-bond donors (Lipinski definition) is 1. The molecule has 0 radical (unpaired) electrons. The normalized spacial score (nSPS) is 14.2. The molecule has 1 unspecified atom stereocenters. The highest BCUT2D eigenvalue weighted by Gasteiger charge is 2.31. The number of fused-ring (bicyclic) bond motifs is 10. The summed E-state index contributed by atoms with van der Waals surface area (Å²) in [5.41, 5.74) is 11.0. The maximum absolute atomic E-state index is 4.98. The number of thiophene rings is 1. The number of para-hydroxylation sites is 4. The Kier molecular flexibility index (Phi) is 6.18. The SMILES string of the molecule is c1ccc(N2c3ccccc3NC2c2ccc3c(c2)c2cccnc2n3-c2ccc3sc4ccc(-n5c6ccccc6c6cccnc65)cc4c3c2)cc1. The fourth-order valence-electron chi connectivity index (χ4n) is 8.65. The summed E-state index contributed by atoms with van der Waals surface area (Å²) >= 11 is 1.84. The summed E-state index contributed by atoms with van der Waals surface area (Å²) in [6, 6.07) is 56.7. The average molecular weight is 711 g/mol. The van der Waals surface area contributed by atoms with Gasteiger partial charge in [0.05, 0.1) is 22.4 Å². The molecule has 5 aromatic heterocycles. The van der Waals surface area contributed by atoms with E-state index in [2.05, 4.69) is 165 Å². The van der Waals surface area contributed by atoms with Crippen molar-refractivity contribution < 1.29 is 0 Å². The van der Waals surface area contributed by atoms with Crippen LogP contribution in [0.5, 0.6) is 0 Å². The number of nitrogens with zero attached hydrogens (tertiary/aromatic N) is 5. The molecular weight excluding hydrogens is 681 g/mol. The van der Waals surface area contributed by atoms with E-state index in [1.54, 1.807) is 0 Å². The zero-order chi connectivity index (χ0) is 35.3. The number of rotatable bonds is 4. The van der Waals surface area contributed by atoms with E-state index in [1.165, 1.54) is 42.2 Å². The lowest BCUT2D eigenvalue weighted by Gasteiger charge is -2.27. The molecule has 0 aliphatic carbocycles. The molecule has 0 fully saturated rings. The Morgan fingerprint density at radius 1 is 0.463 bits per heavy atom. The Morgan fingerprint density at radius 2 is 1.07 bits per heavy atom. The second-order valence-corrected chi connectivity index (χ2v) is 15.0. The van der Waals surface area contributed by atoms with E-state index in [9.17, 15) is 0 Å². The Bertz CT molecular complexity index is 3230. The Morgan fingerprint density at radius 3 is 1.81 bits per heavy atom. The van der Waals surface area contributed by atoms with E-state index in [-0.39, 0.29) is 6.17 Å². The number of nitrogens with one attached hydrogen (secondary N) is 1. The van der Waals surface area contributed by atoms with Crippen LogP contribution < -0.4 is 10.2 Å². The van der Waals surface area contributed by atoms with Crippen molar-refractivity contribution >= 4 is 92.4 Å². The summed E-state index contributed by atoms with van der Waals surface area (Å²) in [5.74, 6) is 0. The third kappa shape index (κ3) is 4.21. The van der Waals surface area contributed by atoms with Crippen molar-refractivity contribution in [2.45, 2.75) is 6.17 Å². The van der Waals surface area contributed by atoms with Crippen molar-refractivity contribution in [2.24, 2.45) is 0 Å². The second-order valence-electron chi connectivity index (χ2n) is 13.9. The number of pyridine rings is 2. The van der Waals surface area contributed by atoms with Crippen LogP contribution in [0.25, 0.3) is 75.4 Å². The van der Waals surface area contributed by atoms with Gasteiger partial charge in [-0.05, 0) is 109 Å². The number of benzene rings is 6. The molecule has 254 valence electrons. The molecule has 6 nitrogen and oxygen atoms in total. The van der Waals surface area contributed by atoms with Gasteiger partial charge in [0.25, 0.3) is 0 Å². The van der Waals surface area contributed by atoms with Crippen LogP contribution in [0.2, 0.25) is 0 Å². The predicted octanol–water partition coefficient (Wildman–Crippen LogP) is 12.3. The minimum atomic E-state index is -0.0586. The number of anilines is 3. The molecule has 1 N–H and O–H groups in total. The molecular formula is C47H30N6S. The van der Waals surface area contributed by atoms with Crippen LogP contribution in [-0.2, 0) is 0 Å². The lowest BCUT2D eigenvalue weighted by atomic mass is 10.1. The van der Waals surface area contributed by atoms with Crippen molar-refractivity contribution in [1.82, 2.24) is 19.1 Å². The molecule has 7 heteroatoms. The molecule has 54 heavy (non-hydrogen) atoms. The molecule has 0 saturated heterocycles. The first kappa shape index (κ1) is 29.6. The molecule has 0 amide bonds. The number of aromatic nitrogens is 4. The van der Waals surface area contributed by atoms with Gasteiger partial charge in [-0.25, -0.2) is 9.97 Å². The van der Waals surface area contributed by atoms with Gasteiger partial charge in [0, 0.05) is 71.2 Å². The van der Waals surface area contributed by atoms with E-state index in [0.717, 1.165) is 55.8 Å². The smallest absolute Gasteiger partial charge is 0.145 e. The third-order valence-corrected chi connectivity index (χ3v) is 12.2. The van der Waals surface area contributed by atoms with Crippen molar-refractivity contribution in [3.8, 4) is 11.4 Å². The molecule has 0 spiro atoms. The van der Waals surface area contributed by atoms with E-state index < -0.39 is 0 Å². The quantitative estimate of drug-likeness (QED) is 0.198. The van der Waals surface area contributed by atoms with Crippen LogP contribution >= 0.6 is 11.3 Å². The van der Waals surface area contributed by atoms with Crippen molar-refractivity contribution in [3.63, 3.8) is 0 Å². The molecule has 0 saturated carbocycles. The molecule has 1 aliphatic heterocycles. The Labute approximate surface area is 313 Å². The van der Waals surface area contributed by atoms with Gasteiger partial charge in [-0.15, -0.1) is 11.3 Å². The monoisotopic (exact) mass is 710 g/mol. The largest absolute Gasteiger partial charge is 0.359 e. The van der Waals surface area contributed by atoms with Gasteiger partial charge in [-0.1, -0.05) is 54.6 Å². The first-order valence-corrected chi connectivity index (χ1v) is 19.0. The van der Waals surface area contributed by atoms with Gasteiger partial charge in [-0.3, -0.25) is 9.13 Å². The summed E-state index contributed by atoms with van der Waals surface area (Å²) in [7, 11) is 0. The van der Waals surface area contributed by atoms with Crippen LogP contribution in [-0.4, -0.2) is 19.1 Å². The molecule has 1 aliphatic rings. The molecule has 0 bridgehead atoms. The highest BCUT2D eigenvalue weighted by Crippen LogP contribution is 2.47. The fourth-order valence-corrected chi connectivity index (χ4v) is 9.72. The van der Waals surface area contributed by atoms with Crippen molar-refractivity contribution in [1.29, 1.82) is 0 Å². The lowest BCUT2D eigenvalue weighted by molar-refractivity contribution is 0.830. The third-order valence-electron chi connectivity index (χ3n) is 11.0. The van der Waals surface area contributed by atoms with Crippen molar-refractivity contribution in [3.05, 3.63) is 176 Å². The van der Waals surface area contributed by atoms with Crippen LogP contribution in [0.4, 0.5) is 17.1 Å². The Balaban J connectivity index is 1.02. The van der Waals surface area contributed by atoms with E-state index >= 15 is 0 Å². The maximum atomic E-state index is 4.98. The van der Waals surface area contributed by atoms with Crippen molar-refractivity contribution in [2.75, 3.05) is 10.2 Å². The van der Waals surface area contributed by atoms with Crippen LogP contribution in [0.1, 0.15) is 11.7 Å². The standard InChI is InChI=1S/C47H30N6S/c1-2-10-30(11-3-1)51-42-17-7-5-15-39(42)50-45(51)29-18-21-41-36(26-29)35-14-9-25-49-47(35)53(41)32-20-23-44-38(28-32)37-27-31(19-22-43(37)54-44)52-40-16-6-4-12-33(40)34-13-8-24-48-46(34)52/h1-28,45,50H. The summed E-state index contributed by atoms with van der Waals surface area (Å²) in [4.78, 5) is 12.2. The summed E-state index contributed by atoms with van der Waals surface area (Å²) < 4.78 is 7.14. The van der Waals surface area contributed by atoms with E-state index in [1.807, 2.05) is 35.9 Å². The molecule has 6 aromatic carbocycles. The first-order valence-electron chi connectivity index (χ1n) is 18.2. The minimum absolute atomic E-state index is 0.0586. The maximum Gasteiger partial charge on any atom is 0.145 e. The lowest BCUT2D eigenvalue weighted by Crippen LogP contribution is -2.23. The van der Waals surface area contributed by atoms with Gasteiger partial charge in [0.15, 0.2) is 0 Å². The highest BCUT2D eigenvalue weighted by molar-refractivity contribution is 7.25. The van der Waals surface area contributed by atoms with Crippen LogP contribution in [0.3, 0.4) is 0 Å². The number of hydrogen-bond acceptors (Lipinski definition) is 5. The molecule has 6 heterocycles. The van der Waals surface area contributed by atoms with Gasteiger partial charge in [-0.2, -0.15) is 0 Å². The minimum Gasteiger partial charge on any atom is -0.359 e. The predicted molar refractivity (Wildman–Crippen MR) is 225 cm³/mol. The average Bonchev–Trinajstić information content (AvgIpc) is 3.98. The van der Waals surface area contributed by atoms with Gasteiger partial charge < -0.3 is 10.2 Å². The molecule has 1 atom stereocenters. The van der Waals surface area contributed by atoms with E-state index in [0.29, 0.717) is 0 Å². The summed E-state index contributed by atoms with van der Waals surface area (Å²) in [6.45, 7) is 0. The van der Waals surface area contributed by atoms with Crippen LogP contribution in [0, 0.1) is 0 Å². The zero-order valence-corrected chi connectivity index (χ0v) is 29.7. The van der Waals surface area contributed by atoms with Gasteiger partial charge in [0.1, 0.15) is 17.5 Å². The van der Waals surface area contributed by atoms with E-state index in [4.69, 9.17) is 9.97 Å².